The summed E-state index contributed by atoms with van der Waals surface area (Å²) in [6.07, 6.45) is 2.30. The Balaban J connectivity index is 1.70. The Kier molecular flexibility index (Phi) is 5.45. The summed E-state index contributed by atoms with van der Waals surface area (Å²) >= 11 is 0. The summed E-state index contributed by atoms with van der Waals surface area (Å²) < 4.78 is 19.3. The van der Waals surface area contributed by atoms with Gasteiger partial charge in [0.1, 0.15) is 11.4 Å². The van der Waals surface area contributed by atoms with Crippen molar-refractivity contribution in [3.63, 3.8) is 0 Å². The minimum atomic E-state index is -0.396. The summed E-state index contributed by atoms with van der Waals surface area (Å²) in [5, 5.41) is 3.22. The van der Waals surface area contributed by atoms with Crippen molar-refractivity contribution in [2.24, 2.45) is 5.92 Å². The zero-order valence-electron chi connectivity index (χ0n) is 16.3. The monoisotopic (exact) mass is 395 g/mol. The fourth-order valence-corrected chi connectivity index (χ4v) is 4.06. The molecule has 2 aromatic carbocycles. The zero-order valence-corrected chi connectivity index (χ0v) is 16.3. The summed E-state index contributed by atoms with van der Waals surface area (Å²) in [5.74, 6) is 0.109. The SMILES string of the molecule is C[C@@H]1CCC[NH+](CC(=O)Nc2oc3ccccc3c(=O)c2-c2ccc(F)cc2)C1. The molecule has 1 aliphatic heterocycles. The minimum absolute atomic E-state index is 0.106. The molecule has 2 N–H and O–H groups in total. The first kappa shape index (κ1) is 19.3. The second-order valence-corrected chi connectivity index (χ2v) is 7.81. The van der Waals surface area contributed by atoms with Crippen molar-refractivity contribution in [3.05, 3.63) is 64.6 Å². The van der Waals surface area contributed by atoms with Crippen LogP contribution < -0.4 is 15.6 Å². The van der Waals surface area contributed by atoms with Crippen molar-refractivity contribution in [1.29, 1.82) is 0 Å². The molecule has 2 heterocycles. The van der Waals surface area contributed by atoms with Crippen molar-refractivity contribution in [1.82, 2.24) is 0 Å². The van der Waals surface area contributed by atoms with E-state index >= 15 is 0 Å². The van der Waals surface area contributed by atoms with E-state index in [0.717, 1.165) is 19.5 Å². The van der Waals surface area contributed by atoms with Crippen LogP contribution in [-0.2, 0) is 4.79 Å². The number of hydrogen-bond acceptors (Lipinski definition) is 3. The second kappa shape index (κ2) is 8.17. The molecule has 1 saturated heterocycles. The summed E-state index contributed by atoms with van der Waals surface area (Å²) in [6.45, 7) is 4.44. The maximum absolute atomic E-state index is 13.4. The molecule has 0 spiro atoms. The number of halogens is 1. The predicted octanol–water partition coefficient (Wildman–Crippen LogP) is 2.85. The van der Waals surface area contributed by atoms with E-state index < -0.39 is 5.82 Å². The van der Waals surface area contributed by atoms with Gasteiger partial charge in [-0.1, -0.05) is 31.2 Å². The minimum Gasteiger partial charge on any atom is -0.439 e. The molecule has 2 atom stereocenters. The van der Waals surface area contributed by atoms with E-state index in [1.54, 1.807) is 24.3 Å². The average molecular weight is 395 g/mol. The number of carbonyl (C=O) groups excluding carboxylic acids is 1. The van der Waals surface area contributed by atoms with Crippen LogP contribution in [0.2, 0.25) is 0 Å². The summed E-state index contributed by atoms with van der Waals surface area (Å²) in [6, 6.07) is 12.5. The van der Waals surface area contributed by atoms with Gasteiger partial charge >= 0.3 is 0 Å². The van der Waals surface area contributed by atoms with Crippen LogP contribution in [0, 0.1) is 11.7 Å². The van der Waals surface area contributed by atoms with Crippen LogP contribution in [0.5, 0.6) is 0 Å². The first-order valence-corrected chi connectivity index (χ1v) is 9.96. The number of amides is 1. The van der Waals surface area contributed by atoms with E-state index in [2.05, 4.69) is 12.2 Å². The van der Waals surface area contributed by atoms with E-state index in [1.165, 1.54) is 35.6 Å². The largest absolute Gasteiger partial charge is 0.439 e. The van der Waals surface area contributed by atoms with Crippen LogP contribution in [0.4, 0.5) is 10.3 Å². The second-order valence-electron chi connectivity index (χ2n) is 7.81. The number of rotatable bonds is 4. The number of quaternary nitrogens is 1. The molecule has 150 valence electrons. The van der Waals surface area contributed by atoms with Crippen molar-refractivity contribution >= 4 is 22.8 Å². The third-order valence-corrected chi connectivity index (χ3v) is 5.46. The number of piperidine rings is 1. The molecule has 4 rings (SSSR count). The van der Waals surface area contributed by atoms with Crippen LogP contribution in [0.1, 0.15) is 19.8 Å². The average Bonchev–Trinajstić information content (AvgIpc) is 2.69. The van der Waals surface area contributed by atoms with Crippen LogP contribution in [0.15, 0.2) is 57.7 Å². The number of carbonyl (C=O) groups is 1. The Morgan fingerprint density at radius 1 is 1.21 bits per heavy atom. The van der Waals surface area contributed by atoms with Crippen molar-refractivity contribution in [2.75, 3.05) is 25.0 Å². The molecule has 0 saturated carbocycles. The number of nitrogens with one attached hydrogen (secondary N) is 2. The predicted molar refractivity (Wildman–Crippen MR) is 110 cm³/mol. The van der Waals surface area contributed by atoms with Crippen molar-refractivity contribution in [3.8, 4) is 11.1 Å². The van der Waals surface area contributed by atoms with Gasteiger partial charge in [-0.15, -0.1) is 0 Å². The smallest absolute Gasteiger partial charge is 0.281 e. The van der Waals surface area contributed by atoms with Crippen LogP contribution in [-0.4, -0.2) is 25.5 Å². The van der Waals surface area contributed by atoms with Crippen molar-refractivity contribution in [2.45, 2.75) is 19.8 Å². The first-order valence-electron chi connectivity index (χ1n) is 9.96. The Labute approximate surface area is 168 Å². The Morgan fingerprint density at radius 2 is 1.97 bits per heavy atom. The molecular formula is C23H24FN2O3+. The standard InChI is InChI=1S/C23H23FN2O3/c1-15-5-4-12-26(13-15)14-20(27)25-23-21(16-8-10-17(24)11-9-16)22(28)18-6-2-3-7-19(18)29-23/h2-3,6-11,15H,4-5,12-14H2,1H3,(H,25,27)/p+1/t15-/m1/s1. The highest BCUT2D eigenvalue weighted by Crippen LogP contribution is 2.28. The molecule has 0 bridgehead atoms. The highest BCUT2D eigenvalue weighted by atomic mass is 19.1. The highest BCUT2D eigenvalue weighted by molar-refractivity contribution is 5.96. The number of likely N-dealkylation sites (tertiary alicyclic amines) is 1. The molecule has 6 heteroatoms. The molecule has 3 aromatic rings. The van der Waals surface area contributed by atoms with Crippen LogP contribution in [0.3, 0.4) is 0 Å². The van der Waals surface area contributed by atoms with Gasteiger partial charge in [0.15, 0.2) is 6.54 Å². The topological polar surface area (TPSA) is 63.8 Å². The van der Waals surface area contributed by atoms with Crippen molar-refractivity contribution < 1.29 is 18.5 Å². The number of fused-ring (bicyclic) bond motifs is 1. The molecule has 1 amide bonds. The number of hydrogen-bond donors (Lipinski definition) is 2. The normalized spacial score (nSPS) is 19.2. The maximum Gasteiger partial charge on any atom is 0.281 e. The van der Waals surface area contributed by atoms with Gasteiger partial charge in [-0.05, 0) is 42.7 Å². The molecule has 5 nitrogen and oxygen atoms in total. The molecule has 0 aliphatic carbocycles. The molecular weight excluding hydrogens is 371 g/mol. The molecule has 0 radical (unpaired) electrons. The van der Waals surface area contributed by atoms with Gasteiger partial charge in [0.05, 0.1) is 24.0 Å². The van der Waals surface area contributed by atoms with Gasteiger partial charge in [0, 0.05) is 5.92 Å². The Bertz CT molecular complexity index is 1090. The lowest BCUT2D eigenvalue weighted by atomic mass is 10.0. The lowest BCUT2D eigenvalue weighted by Gasteiger charge is -2.27. The van der Waals surface area contributed by atoms with Gasteiger partial charge in [-0.25, -0.2) is 4.39 Å². The lowest BCUT2D eigenvalue weighted by Crippen LogP contribution is -3.14. The van der Waals surface area contributed by atoms with Crippen LogP contribution in [0.25, 0.3) is 22.1 Å². The highest BCUT2D eigenvalue weighted by Gasteiger charge is 2.24. The third kappa shape index (κ3) is 4.22. The number of benzene rings is 2. The zero-order chi connectivity index (χ0) is 20.4. The molecule has 1 aliphatic rings. The van der Waals surface area contributed by atoms with Crippen LogP contribution >= 0.6 is 0 Å². The van der Waals surface area contributed by atoms with Gasteiger partial charge in [0.2, 0.25) is 11.3 Å². The van der Waals surface area contributed by atoms with E-state index in [4.69, 9.17) is 4.42 Å². The number of para-hydroxylation sites is 1. The fourth-order valence-electron chi connectivity index (χ4n) is 4.06. The Hall–Kier alpha value is -2.99. The first-order chi connectivity index (χ1) is 14.0. The van der Waals surface area contributed by atoms with Gasteiger partial charge in [-0.2, -0.15) is 0 Å². The quantitative estimate of drug-likeness (QED) is 0.714. The molecule has 1 fully saturated rings. The maximum atomic E-state index is 13.4. The van der Waals surface area contributed by atoms with E-state index in [9.17, 15) is 14.0 Å². The van der Waals surface area contributed by atoms with E-state index in [1.807, 2.05) is 0 Å². The van der Waals surface area contributed by atoms with E-state index in [-0.39, 0.29) is 22.8 Å². The van der Waals surface area contributed by atoms with Gasteiger partial charge in [-0.3, -0.25) is 14.9 Å². The van der Waals surface area contributed by atoms with Gasteiger partial charge < -0.3 is 9.32 Å². The Morgan fingerprint density at radius 3 is 2.72 bits per heavy atom. The third-order valence-electron chi connectivity index (χ3n) is 5.46. The number of anilines is 1. The molecule has 29 heavy (non-hydrogen) atoms. The van der Waals surface area contributed by atoms with Gasteiger partial charge in [0.25, 0.3) is 5.91 Å². The summed E-state index contributed by atoms with van der Waals surface area (Å²) in [5.41, 5.74) is 0.879. The molecule has 1 aromatic heterocycles. The summed E-state index contributed by atoms with van der Waals surface area (Å²) in [4.78, 5) is 27.1. The lowest BCUT2D eigenvalue weighted by molar-refractivity contribution is -0.900. The van der Waals surface area contributed by atoms with E-state index in [0.29, 0.717) is 29.0 Å². The summed E-state index contributed by atoms with van der Waals surface area (Å²) in [7, 11) is 0. The molecule has 1 unspecified atom stereocenters. The fraction of sp³-hybridized carbons (Fsp3) is 0.304.